The molecule has 1 atom stereocenters. The van der Waals surface area contributed by atoms with E-state index in [0.29, 0.717) is 6.08 Å². The van der Waals surface area contributed by atoms with Crippen LogP contribution in [0, 0.1) is 5.92 Å². The van der Waals surface area contributed by atoms with Gasteiger partial charge in [-0.3, -0.25) is 0 Å². The van der Waals surface area contributed by atoms with Crippen LogP contribution in [-0.2, 0) is 0 Å². The second kappa shape index (κ2) is 4.12. The van der Waals surface area contributed by atoms with Gasteiger partial charge in [0.25, 0.3) is 0 Å². The zero-order valence-corrected chi connectivity index (χ0v) is 7.86. The largest absolute Gasteiger partial charge is 0.413 e. The molecule has 0 bridgehead atoms. The van der Waals surface area contributed by atoms with E-state index in [4.69, 9.17) is 5.11 Å². The summed E-state index contributed by atoms with van der Waals surface area (Å²) in [5, 5.41) is 8.60. The van der Waals surface area contributed by atoms with E-state index in [2.05, 4.69) is 0 Å². The first-order valence-electron chi connectivity index (χ1n) is 4.31. The lowest BCUT2D eigenvalue weighted by Crippen LogP contribution is -2.33. The van der Waals surface area contributed by atoms with Crippen molar-refractivity contribution in [3.05, 3.63) is 23.3 Å². The Kier molecular flexibility index (Phi) is 3.37. The average molecular weight is 246 g/mol. The molecule has 1 aliphatic carbocycles. The Morgan fingerprint density at radius 1 is 1.19 bits per heavy atom. The normalized spacial score (nSPS) is 22.8. The molecule has 1 unspecified atom stereocenters. The summed E-state index contributed by atoms with van der Waals surface area (Å²) in [6.45, 7) is -0.704. The van der Waals surface area contributed by atoms with E-state index in [-0.39, 0.29) is 5.57 Å². The van der Waals surface area contributed by atoms with Crippen molar-refractivity contribution in [1.29, 1.82) is 0 Å². The minimum Gasteiger partial charge on any atom is -0.392 e. The maximum Gasteiger partial charge on any atom is 0.413 e. The van der Waals surface area contributed by atoms with Crippen LogP contribution in [0.2, 0.25) is 0 Å². The SMILES string of the molecule is OCC1=CCC(C(F)(F)F)C(C(F)(F)F)=C1. The molecule has 0 aromatic rings. The Morgan fingerprint density at radius 3 is 2.12 bits per heavy atom. The van der Waals surface area contributed by atoms with Gasteiger partial charge in [-0.1, -0.05) is 6.08 Å². The smallest absolute Gasteiger partial charge is 0.392 e. The van der Waals surface area contributed by atoms with Crippen LogP contribution in [0.5, 0.6) is 0 Å². The first-order chi connectivity index (χ1) is 7.16. The maximum atomic E-state index is 12.4. The van der Waals surface area contributed by atoms with Gasteiger partial charge in [0.1, 0.15) is 0 Å². The summed E-state index contributed by atoms with van der Waals surface area (Å²) in [4.78, 5) is 0. The predicted molar refractivity (Wildman–Crippen MR) is 43.5 cm³/mol. The van der Waals surface area contributed by atoms with Gasteiger partial charge in [0.2, 0.25) is 0 Å². The zero-order chi connectivity index (χ0) is 12.6. The van der Waals surface area contributed by atoms with Crippen LogP contribution in [-0.4, -0.2) is 24.1 Å². The monoisotopic (exact) mass is 246 g/mol. The Bertz CT molecular complexity index is 322. The summed E-state index contributed by atoms with van der Waals surface area (Å²) in [6.07, 6.45) is -9.42. The molecule has 7 heteroatoms. The average Bonchev–Trinajstić information content (AvgIpc) is 2.14. The van der Waals surface area contributed by atoms with E-state index in [1.54, 1.807) is 0 Å². The summed E-state index contributed by atoms with van der Waals surface area (Å²) in [7, 11) is 0. The fourth-order valence-electron chi connectivity index (χ4n) is 1.45. The zero-order valence-electron chi connectivity index (χ0n) is 7.86. The summed E-state index contributed by atoms with van der Waals surface area (Å²) in [6, 6.07) is 0. The molecule has 1 rings (SSSR count). The van der Waals surface area contributed by atoms with Crippen LogP contribution in [0.4, 0.5) is 26.3 Å². The highest BCUT2D eigenvalue weighted by Gasteiger charge is 2.51. The van der Waals surface area contributed by atoms with Crippen LogP contribution in [0.1, 0.15) is 6.42 Å². The maximum absolute atomic E-state index is 12.4. The summed E-state index contributed by atoms with van der Waals surface area (Å²) < 4.78 is 74.0. The molecular weight excluding hydrogens is 238 g/mol. The molecule has 0 amide bonds. The summed E-state index contributed by atoms with van der Waals surface area (Å²) in [5.41, 5.74) is -1.79. The van der Waals surface area contributed by atoms with Gasteiger partial charge in [-0.25, -0.2) is 0 Å². The van der Waals surface area contributed by atoms with E-state index in [0.717, 1.165) is 6.08 Å². The van der Waals surface area contributed by atoms with Gasteiger partial charge in [-0.15, -0.1) is 0 Å². The van der Waals surface area contributed by atoms with Crippen molar-refractivity contribution in [3.63, 3.8) is 0 Å². The highest BCUT2D eigenvalue weighted by atomic mass is 19.4. The number of halogens is 6. The fourth-order valence-corrected chi connectivity index (χ4v) is 1.45. The third-order valence-electron chi connectivity index (χ3n) is 2.24. The van der Waals surface area contributed by atoms with E-state index in [9.17, 15) is 26.3 Å². The Balaban J connectivity index is 3.10. The summed E-state index contributed by atoms with van der Waals surface area (Å²) >= 11 is 0. The van der Waals surface area contributed by atoms with Crippen molar-refractivity contribution in [2.75, 3.05) is 6.61 Å². The molecule has 0 radical (unpaired) electrons. The molecule has 0 saturated heterocycles. The van der Waals surface area contributed by atoms with Gasteiger partial charge >= 0.3 is 12.4 Å². The van der Waals surface area contributed by atoms with E-state index >= 15 is 0 Å². The molecule has 92 valence electrons. The third kappa shape index (κ3) is 2.78. The molecule has 1 N–H and O–H groups in total. The third-order valence-corrected chi connectivity index (χ3v) is 2.24. The molecule has 0 saturated carbocycles. The van der Waals surface area contributed by atoms with Crippen LogP contribution in [0.25, 0.3) is 0 Å². The van der Waals surface area contributed by atoms with Crippen molar-refractivity contribution < 1.29 is 31.4 Å². The summed E-state index contributed by atoms with van der Waals surface area (Å²) in [5.74, 6) is -2.54. The van der Waals surface area contributed by atoms with Gasteiger partial charge in [-0.05, 0) is 18.1 Å². The minimum atomic E-state index is -5.03. The standard InChI is InChI=1S/C9H8F6O/c10-8(11,12)6-2-1-5(4-16)3-7(6)9(13,14)15/h1,3,6,16H,2,4H2. The van der Waals surface area contributed by atoms with Crippen LogP contribution in [0.3, 0.4) is 0 Å². The number of hydrogen-bond acceptors (Lipinski definition) is 1. The quantitative estimate of drug-likeness (QED) is 0.705. The molecule has 0 aliphatic heterocycles. The topological polar surface area (TPSA) is 20.2 Å². The van der Waals surface area contributed by atoms with E-state index < -0.39 is 36.9 Å². The van der Waals surface area contributed by atoms with Crippen LogP contribution >= 0.6 is 0 Å². The first-order valence-corrected chi connectivity index (χ1v) is 4.31. The number of alkyl halides is 6. The Morgan fingerprint density at radius 2 is 1.75 bits per heavy atom. The van der Waals surface area contributed by atoms with Crippen molar-refractivity contribution in [2.45, 2.75) is 18.8 Å². The molecular formula is C9H8F6O. The van der Waals surface area contributed by atoms with Crippen molar-refractivity contribution in [1.82, 2.24) is 0 Å². The first kappa shape index (κ1) is 13.1. The minimum absolute atomic E-state index is 0.146. The number of aliphatic hydroxyl groups excluding tert-OH is 1. The molecule has 1 nitrogen and oxygen atoms in total. The second-order valence-electron chi connectivity index (χ2n) is 3.36. The molecule has 0 fully saturated rings. The van der Waals surface area contributed by atoms with Gasteiger partial charge in [0, 0.05) is 5.57 Å². The lowest BCUT2D eigenvalue weighted by atomic mass is 9.87. The second-order valence-corrected chi connectivity index (χ2v) is 3.36. The van der Waals surface area contributed by atoms with Crippen molar-refractivity contribution >= 4 is 0 Å². The van der Waals surface area contributed by atoms with E-state index in [1.807, 2.05) is 0 Å². The molecule has 0 aromatic heterocycles. The van der Waals surface area contributed by atoms with Crippen LogP contribution < -0.4 is 0 Å². The number of allylic oxidation sites excluding steroid dienone is 2. The number of hydrogen-bond donors (Lipinski definition) is 1. The predicted octanol–water partition coefficient (Wildman–Crippen LogP) is 2.98. The van der Waals surface area contributed by atoms with Gasteiger partial charge in [-0.2, -0.15) is 26.3 Å². The van der Waals surface area contributed by atoms with E-state index in [1.165, 1.54) is 0 Å². The van der Waals surface area contributed by atoms with Gasteiger partial charge < -0.3 is 5.11 Å². The van der Waals surface area contributed by atoms with Gasteiger partial charge in [0.15, 0.2) is 0 Å². The Labute approximate surface area is 87.1 Å². The lowest BCUT2D eigenvalue weighted by Gasteiger charge is -2.27. The highest BCUT2D eigenvalue weighted by molar-refractivity contribution is 5.33. The highest BCUT2D eigenvalue weighted by Crippen LogP contribution is 2.44. The molecule has 0 aromatic carbocycles. The van der Waals surface area contributed by atoms with Crippen molar-refractivity contribution in [3.8, 4) is 0 Å². The number of rotatable bonds is 1. The molecule has 16 heavy (non-hydrogen) atoms. The fraction of sp³-hybridized carbons (Fsp3) is 0.556. The Hall–Kier alpha value is -0.980. The molecule has 1 aliphatic rings. The van der Waals surface area contributed by atoms with Crippen molar-refractivity contribution in [2.24, 2.45) is 5.92 Å². The lowest BCUT2D eigenvalue weighted by molar-refractivity contribution is -0.185. The molecule has 0 heterocycles. The molecule has 0 spiro atoms. The van der Waals surface area contributed by atoms with Gasteiger partial charge in [0.05, 0.1) is 12.5 Å². The van der Waals surface area contributed by atoms with Crippen LogP contribution in [0.15, 0.2) is 23.3 Å². The number of aliphatic hydroxyl groups is 1.